The number of hydrogen-bond acceptors (Lipinski definition) is 4. The maximum atomic E-state index is 14.0. The average Bonchev–Trinajstić information content (AvgIpc) is 2.79. The van der Waals surface area contributed by atoms with Gasteiger partial charge in [-0.3, -0.25) is 4.79 Å². The second kappa shape index (κ2) is 10.2. The molecule has 0 saturated heterocycles. The van der Waals surface area contributed by atoms with E-state index < -0.39 is 24.5 Å². The van der Waals surface area contributed by atoms with Crippen LogP contribution in [-0.4, -0.2) is 30.8 Å². The molecule has 6 heteroatoms. The minimum absolute atomic E-state index is 0.121. The van der Waals surface area contributed by atoms with E-state index in [9.17, 15) is 14.0 Å². The molecule has 1 unspecified atom stereocenters. The zero-order valence-corrected chi connectivity index (χ0v) is 16.8. The molecule has 0 spiro atoms. The van der Waals surface area contributed by atoms with Gasteiger partial charge in [-0.2, -0.15) is 0 Å². The van der Waals surface area contributed by atoms with Crippen LogP contribution in [-0.2, 0) is 9.59 Å². The second-order valence-corrected chi connectivity index (χ2v) is 6.66. The number of rotatable bonds is 8. The first-order chi connectivity index (χ1) is 15.0. The van der Waals surface area contributed by atoms with Crippen LogP contribution in [0.5, 0.6) is 11.5 Å². The first-order valence-electron chi connectivity index (χ1n) is 9.54. The molecule has 0 aliphatic rings. The Bertz CT molecular complexity index is 1090. The van der Waals surface area contributed by atoms with Gasteiger partial charge in [0.05, 0.1) is 7.11 Å². The standard InChI is InChI=1S/C25H21FO5/c1-30-23-15-17(12-14-24(27)28)11-13-22(23)31-25(29)21(16-26)20-10-6-5-9-19(20)18-7-3-2-4-8-18/h2-15,21H,16H2,1H3,(H,27,28). The normalized spacial score (nSPS) is 11.8. The topological polar surface area (TPSA) is 72.8 Å². The number of alkyl halides is 1. The lowest BCUT2D eigenvalue weighted by Crippen LogP contribution is -2.21. The summed E-state index contributed by atoms with van der Waals surface area (Å²) in [6.07, 6.45) is 2.37. The van der Waals surface area contributed by atoms with Crippen LogP contribution in [0.3, 0.4) is 0 Å². The predicted molar refractivity (Wildman–Crippen MR) is 116 cm³/mol. The van der Waals surface area contributed by atoms with Gasteiger partial charge in [-0.15, -0.1) is 0 Å². The lowest BCUT2D eigenvalue weighted by atomic mass is 9.91. The Morgan fingerprint density at radius 2 is 1.71 bits per heavy atom. The van der Waals surface area contributed by atoms with Crippen LogP contribution < -0.4 is 9.47 Å². The number of carboxylic acids is 1. The molecule has 0 aromatic heterocycles. The molecule has 1 N–H and O–H groups in total. The van der Waals surface area contributed by atoms with E-state index in [0.29, 0.717) is 11.1 Å². The van der Waals surface area contributed by atoms with Crippen molar-refractivity contribution in [2.24, 2.45) is 0 Å². The van der Waals surface area contributed by atoms with Crippen molar-refractivity contribution in [2.45, 2.75) is 5.92 Å². The fourth-order valence-electron chi connectivity index (χ4n) is 3.17. The van der Waals surface area contributed by atoms with Gasteiger partial charge in [-0.25, -0.2) is 9.18 Å². The van der Waals surface area contributed by atoms with E-state index in [-0.39, 0.29) is 11.5 Å². The van der Waals surface area contributed by atoms with Crippen LogP contribution in [0.1, 0.15) is 17.0 Å². The van der Waals surface area contributed by atoms with Crippen molar-refractivity contribution < 1.29 is 28.6 Å². The Hall–Kier alpha value is -3.93. The number of methoxy groups -OCH3 is 1. The van der Waals surface area contributed by atoms with Crippen LogP contribution in [0.15, 0.2) is 78.9 Å². The van der Waals surface area contributed by atoms with E-state index in [1.807, 2.05) is 42.5 Å². The van der Waals surface area contributed by atoms with Crippen LogP contribution >= 0.6 is 0 Å². The number of carbonyl (C=O) groups is 2. The Morgan fingerprint density at radius 1 is 1.00 bits per heavy atom. The molecular formula is C25H21FO5. The molecule has 3 rings (SSSR count). The molecule has 0 heterocycles. The first-order valence-corrected chi connectivity index (χ1v) is 9.54. The van der Waals surface area contributed by atoms with Crippen molar-refractivity contribution in [3.8, 4) is 22.6 Å². The molecule has 0 aliphatic carbocycles. The number of esters is 1. The van der Waals surface area contributed by atoms with Gasteiger partial charge in [-0.1, -0.05) is 60.7 Å². The van der Waals surface area contributed by atoms with E-state index in [0.717, 1.165) is 17.2 Å². The van der Waals surface area contributed by atoms with Gasteiger partial charge in [0.15, 0.2) is 11.5 Å². The fourth-order valence-corrected chi connectivity index (χ4v) is 3.17. The maximum absolute atomic E-state index is 14.0. The third-order valence-corrected chi connectivity index (χ3v) is 4.68. The molecule has 3 aromatic carbocycles. The molecule has 5 nitrogen and oxygen atoms in total. The summed E-state index contributed by atoms with van der Waals surface area (Å²) in [4.78, 5) is 23.6. The summed E-state index contributed by atoms with van der Waals surface area (Å²) in [5, 5.41) is 8.75. The lowest BCUT2D eigenvalue weighted by Gasteiger charge is -2.18. The van der Waals surface area contributed by atoms with Crippen LogP contribution in [0, 0.1) is 0 Å². The van der Waals surface area contributed by atoms with Crippen molar-refractivity contribution in [2.75, 3.05) is 13.8 Å². The summed E-state index contributed by atoms with van der Waals surface area (Å²) < 4.78 is 24.7. The molecule has 31 heavy (non-hydrogen) atoms. The van der Waals surface area contributed by atoms with Crippen molar-refractivity contribution in [3.05, 3.63) is 90.0 Å². The van der Waals surface area contributed by atoms with E-state index in [1.165, 1.54) is 25.3 Å². The van der Waals surface area contributed by atoms with Crippen LogP contribution in [0.25, 0.3) is 17.2 Å². The molecule has 0 aliphatic heterocycles. The summed E-state index contributed by atoms with van der Waals surface area (Å²) in [6, 6.07) is 21.1. The Labute approximate surface area is 179 Å². The van der Waals surface area contributed by atoms with Gasteiger partial charge in [0.25, 0.3) is 0 Å². The van der Waals surface area contributed by atoms with Crippen LogP contribution in [0.2, 0.25) is 0 Å². The van der Waals surface area contributed by atoms with Crippen LogP contribution in [0.4, 0.5) is 4.39 Å². The molecule has 3 aromatic rings. The smallest absolute Gasteiger partial charge is 0.328 e. The fraction of sp³-hybridized carbons (Fsp3) is 0.120. The molecule has 0 fully saturated rings. The van der Waals surface area contributed by atoms with Gasteiger partial charge in [0, 0.05) is 6.08 Å². The van der Waals surface area contributed by atoms with E-state index in [2.05, 4.69) is 0 Å². The van der Waals surface area contributed by atoms with Gasteiger partial charge in [0.2, 0.25) is 0 Å². The Morgan fingerprint density at radius 3 is 2.39 bits per heavy atom. The monoisotopic (exact) mass is 420 g/mol. The van der Waals surface area contributed by atoms with Crippen molar-refractivity contribution in [3.63, 3.8) is 0 Å². The number of halogens is 1. The molecule has 1 atom stereocenters. The van der Waals surface area contributed by atoms with Gasteiger partial charge < -0.3 is 14.6 Å². The van der Waals surface area contributed by atoms with Gasteiger partial charge in [0.1, 0.15) is 12.6 Å². The highest BCUT2D eigenvalue weighted by Gasteiger charge is 2.26. The number of benzene rings is 3. The van der Waals surface area contributed by atoms with E-state index in [4.69, 9.17) is 14.6 Å². The minimum atomic E-state index is -1.12. The van der Waals surface area contributed by atoms with Gasteiger partial charge in [-0.05, 0) is 40.5 Å². The Balaban J connectivity index is 1.89. The molecule has 158 valence electrons. The SMILES string of the molecule is COc1cc(C=CC(=O)O)ccc1OC(=O)C(CF)c1ccccc1-c1ccccc1. The summed E-state index contributed by atoms with van der Waals surface area (Å²) >= 11 is 0. The largest absolute Gasteiger partial charge is 0.493 e. The summed E-state index contributed by atoms with van der Waals surface area (Å²) in [5.74, 6) is -2.60. The molecule has 0 amide bonds. The average molecular weight is 420 g/mol. The molecule has 0 bridgehead atoms. The number of hydrogen-bond donors (Lipinski definition) is 1. The quantitative estimate of drug-likeness (QED) is 0.311. The molecule has 0 radical (unpaired) electrons. The van der Waals surface area contributed by atoms with E-state index in [1.54, 1.807) is 18.2 Å². The number of carbonyl (C=O) groups excluding carboxylic acids is 1. The summed E-state index contributed by atoms with van der Waals surface area (Å²) in [7, 11) is 1.40. The zero-order valence-electron chi connectivity index (χ0n) is 16.8. The minimum Gasteiger partial charge on any atom is -0.493 e. The predicted octanol–water partition coefficient (Wildman–Crippen LogP) is 5.12. The third-order valence-electron chi connectivity index (χ3n) is 4.68. The lowest BCUT2D eigenvalue weighted by molar-refractivity contribution is -0.136. The number of ether oxygens (including phenoxy) is 2. The Kier molecular flexibility index (Phi) is 7.17. The highest BCUT2D eigenvalue weighted by molar-refractivity contribution is 5.86. The van der Waals surface area contributed by atoms with Crippen molar-refractivity contribution in [1.29, 1.82) is 0 Å². The first kappa shape index (κ1) is 21.8. The summed E-state index contributed by atoms with van der Waals surface area (Å²) in [5.41, 5.74) is 2.71. The molecular weight excluding hydrogens is 399 g/mol. The highest BCUT2D eigenvalue weighted by atomic mass is 19.1. The number of carboxylic acid groups (broad SMARTS) is 1. The summed E-state index contributed by atoms with van der Waals surface area (Å²) in [6.45, 7) is -0.926. The second-order valence-electron chi connectivity index (χ2n) is 6.66. The third kappa shape index (κ3) is 5.36. The zero-order chi connectivity index (χ0) is 22.2. The van der Waals surface area contributed by atoms with E-state index >= 15 is 0 Å². The van der Waals surface area contributed by atoms with Crippen molar-refractivity contribution >= 4 is 18.0 Å². The van der Waals surface area contributed by atoms with Gasteiger partial charge >= 0.3 is 11.9 Å². The molecule has 0 saturated carbocycles. The maximum Gasteiger partial charge on any atom is 0.328 e. The highest BCUT2D eigenvalue weighted by Crippen LogP contribution is 2.33. The number of aliphatic carboxylic acids is 1. The van der Waals surface area contributed by atoms with Crippen molar-refractivity contribution in [1.82, 2.24) is 0 Å².